The van der Waals surface area contributed by atoms with E-state index in [1.165, 1.54) is 37.1 Å². The van der Waals surface area contributed by atoms with Gasteiger partial charge in [0.2, 0.25) is 0 Å². The number of nitrogens with one attached hydrogen (secondary N) is 2. The molecule has 0 spiro atoms. The van der Waals surface area contributed by atoms with E-state index in [4.69, 9.17) is 4.74 Å². The number of hydrogen-bond acceptors (Lipinski definition) is 6. The Morgan fingerprint density at radius 2 is 2.00 bits per heavy atom. The second-order valence-electron chi connectivity index (χ2n) is 6.25. The van der Waals surface area contributed by atoms with Crippen LogP contribution >= 0.6 is 0 Å². The van der Waals surface area contributed by atoms with Crippen LogP contribution in [-0.4, -0.2) is 17.9 Å². The molecule has 1 atom stereocenters. The highest BCUT2D eigenvalue weighted by atomic mass is 16.6. The third kappa shape index (κ3) is 5.56. The van der Waals surface area contributed by atoms with Gasteiger partial charge >= 0.3 is 0 Å². The summed E-state index contributed by atoms with van der Waals surface area (Å²) in [4.78, 5) is 22.8. The maximum absolute atomic E-state index is 12.4. The van der Waals surface area contributed by atoms with E-state index in [1.807, 2.05) is 37.3 Å². The Labute approximate surface area is 169 Å². The van der Waals surface area contributed by atoms with Gasteiger partial charge in [-0.15, -0.1) is 0 Å². The molecule has 1 amide bonds. The molecule has 29 heavy (non-hydrogen) atoms. The molecular weight excluding hydrogens is 372 g/mol. The Morgan fingerprint density at radius 1 is 1.31 bits per heavy atom. The number of nitro benzene ring substituents is 1. The van der Waals surface area contributed by atoms with Gasteiger partial charge in [-0.2, -0.15) is 5.26 Å². The molecule has 0 saturated heterocycles. The van der Waals surface area contributed by atoms with Crippen LogP contribution in [0, 0.1) is 21.4 Å². The van der Waals surface area contributed by atoms with Crippen LogP contribution in [0.15, 0.2) is 54.2 Å². The van der Waals surface area contributed by atoms with Crippen LogP contribution in [0.5, 0.6) is 5.75 Å². The number of nitrogens with zero attached hydrogens (tertiary/aromatic N) is 2. The first-order valence-electron chi connectivity index (χ1n) is 8.98. The molecule has 8 heteroatoms. The van der Waals surface area contributed by atoms with Crippen molar-refractivity contribution in [1.29, 1.82) is 5.26 Å². The number of anilines is 1. The number of ether oxygens (including phenoxy) is 1. The lowest BCUT2D eigenvalue weighted by Gasteiger charge is -2.14. The second kappa shape index (κ2) is 9.90. The highest BCUT2D eigenvalue weighted by Crippen LogP contribution is 2.29. The first-order valence-corrected chi connectivity index (χ1v) is 8.98. The molecule has 0 aliphatic heterocycles. The highest BCUT2D eigenvalue weighted by molar-refractivity contribution is 5.97. The number of amides is 1. The zero-order chi connectivity index (χ0) is 21.4. The lowest BCUT2D eigenvalue weighted by atomic mass is 10.0. The summed E-state index contributed by atoms with van der Waals surface area (Å²) in [6, 6.07) is 13.5. The maximum Gasteiger partial charge on any atom is 0.273 e. The van der Waals surface area contributed by atoms with Crippen LogP contribution in [0.4, 0.5) is 11.4 Å². The number of nitriles is 1. The van der Waals surface area contributed by atoms with E-state index >= 15 is 0 Å². The highest BCUT2D eigenvalue weighted by Gasteiger charge is 2.15. The van der Waals surface area contributed by atoms with Crippen LogP contribution in [-0.2, 0) is 11.2 Å². The smallest absolute Gasteiger partial charge is 0.273 e. The SMILES string of the molecule is CCc1ccc(C(C)NC(=O)/C(C#N)=C\Nc2ccc([N+](=O)[O-])cc2OC)cc1. The van der Waals surface area contributed by atoms with Gasteiger partial charge in [-0.1, -0.05) is 31.2 Å². The average molecular weight is 394 g/mol. The number of hydrogen-bond donors (Lipinski definition) is 2. The molecule has 0 bridgehead atoms. The van der Waals surface area contributed by atoms with Crippen molar-refractivity contribution in [2.24, 2.45) is 0 Å². The van der Waals surface area contributed by atoms with Gasteiger partial charge in [-0.05, 0) is 30.5 Å². The van der Waals surface area contributed by atoms with Crippen LogP contribution in [0.25, 0.3) is 0 Å². The summed E-state index contributed by atoms with van der Waals surface area (Å²) >= 11 is 0. The molecular formula is C21H22N4O4. The maximum atomic E-state index is 12.4. The third-order valence-corrected chi connectivity index (χ3v) is 4.37. The predicted octanol–water partition coefficient (Wildman–Crippen LogP) is 3.86. The Bertz CT molecular complexity index is 962. The molecule has 2 aromatic rings. The molecule has 150 valence electrons. The van der Waals surface area contributed by atoms with Crippen molar-refractivity contribution in [3.63, 3.8) is 0 Å². The second-order valence-corrected chi connectivity index (χ2v) is 6.25. The normalized spacial score (nSPS) is 11.9. The van der Waals surface area contributed by atoms with Gasteiger partial charge in [-0.3, -0.25) is 14.9 Å². The molecule has 0 aromatic heterocycles. The fourth-order valence-corrected chi connectivity index (χ4v) is 2.61. The predicted molar refractivity (Wildman–Crippen MR) is 109 cm³/mol. The molecule has 0 aliphatic carbocycles. The number of aryl methyl sites for hydroxylation is 1. The monoisotopic (exact) mass is 394 g/mol. The number of methoxy groups -OCH3 is 1. The molecule has 0 aliphatic rings. The van der Waals surface area contributed by atoms with Gasteiger partial charge in [0.1, 0.15) is 17.4 Å². The van der Waals surface area contributed by atoms with Crippen molar-refractivity contribution < 1.29 is 14.5 Å². The first kappa shape index (κ1) is 21.4. The van der Waals surface area contributed by atoms with Gasteiger partial charge in [-0.25, -0.2) is 0 Å². The Hall–Kier alpha value is -3.86. The summed E-state index contributed by atoms with van der Waals surface area (Å²) in [6.07, 6.45) is 2.17. The fourth-order valence-electron chi connectivity index (χ4n) is 2.61. The minimum absolute atomic E-state index is 0.127. The number of rotatable bonds is 8. The summed E-state index contributed by atoms with van der Waals surface area (Å²) < 4.78 is 5.12. The van der Waals surface area contributed by atoms with Crippen LogP contribution in [0.1, 0.15) is 31.0 Å². The molecule has 0 heterocycles. The number of carbonyl (C=O) groups excluding carboxylic acids is 1. The Morgan fingerprint density at radius 3 is 2.55 bits per heavy atom. The minimum atomic E-state index is -0.537. The van der Waals surface area contributed by atoms with Gasteiger partial charge in [0, 0.05) is 12.3 Å². The van der Waals surface area contributed by atoms with Gasteiger partial charge in [0.15, 0.2) is 0 Å². The van der Waals surface area contributed by atoms with E-state index in [9.17, 15) is 20.2 Å². The molecule has 2 N–H and O–H groups in total. The van der Waals surface area contributed by atoms with E-state index in [2.05, 4.69) is 17.6 Å². The van der Waals surface area contributed by atoms with E-state index in [0.29, 0.717) is 5.69 Å². The van der Waals surface area contributed by atoms with E-state index < -0.39 is 10.8 Å². The standard InChI is InChI=1S/C21H22N4O4/c1-4-15-5-7-16(8-6-15)14(2)24-21(26)17(12-22)13-23-19-10-9-18(25(27)28)11-20(19)29-3/h5-11,13-14,23H,4H2,1-3H3,(H,24,26)/b17-13-. The first-order chi connectivity index (χ1) is 13.9. The average Bonchev–Trinajstić information content (AvgIpc) is 2.74. The third-order valence-electron chi connectivity index (χ3n) is 4.37. The van der Waals surface area contributed by atoms with Crippen LogP contribution in [0.2, 0.25) is 0 Å². The summed E-state index contributed by atoms with van der Waals surface area (Å²) in [6.45, 7) is 3.90. The molecule has 2 rings (SSSR count). The minimum Gasteiger partial charge on any atom is -0.494 e. The summed E-state index contributed by atoms with van der Waals surface area (Å²) in [7, 11) is 1.37. The van der Waals surface area contributed by atoms with Gasteiger partial charge < -0.3 is 15.4 Å². The molecule has 2 aromatic carbocycles. The number of nitro groups is 1. The summed E-state index contributed by atoms with van der Waals surface area (Å²) in [5.41, 5.74) is 2.26. The fraction of sp³-hybridized carbons (Fsp3) is 0.238. The number of carbonyl (C=O) groups is 1. The van der Waals surface area contributed by atoms with Gasteiger partial charge in [0.05, 0.1) is 29.8 Å². The molecule has 0 fully saturated rings. The summed E-state index contributed by atoms with van der Waals surface area (Å²) in [5.74, 6) is -0.314. The molecule has 1 unspecified atom stereocenters. The number of non-ortho nitro benzene ring substituents is 1. The van der Waals surface area contributed by atoms with E-state index in [0.717, 1.165) is 12.0 Å². The van der Waals surface area contributed by atoms with Crippen molar-refractivity contribution in [1.82, 2.24) is 5.32 Å². The van der Waals surface area contributed by atoms with Gasteiger partial charge in [0.25, 0.3) is 11.6 Å². The lowest BCUT2D eigenvalue weighted by Crippen LogP contribution is -2.28. The van der Waals surface area contributed by atoms with Crippen LogP contribution < -0.4 is 15.4 Å². The Balaban J connectivity index is 2.11. The molecule has 8 nitrogen and oxygen atoms in total. The zero-order valence-corrected chi connectivity index (χ0v) is 16.4. The quantitative estimate of drug-likeness (QED) is 0.304. The van der Waals surface area contributed by atoms with Crippen LogP contribution in [0.3, 0.4) is 0 Å². The number of benzene rings is 2. The van der Waals surface area contributed by atoms with E-state index in [1.54, 1.807) is 0 Å². The van der Waals surface area contributed by atoms with Crippen molar-refractivity contribution in [2.75, 3.05) is 12.4 Å². The van der Waals surface area contributed by atoms with Crippen molar-refractivity contribution in [3.05, 3.63) is 75.5 Å². The van der Waals surface area contributed by atoms with E-state index in [-0.39, 0.29) is 23.1 Å². The van der Waals surface area contributed by atoms with Crippen molar-refractivity contribution in [3.8, 4) is 11.8 Å². The zero-order valence-electron chi connectivity index (χ0n) is 16.4. The largest absolute Gasteiger partial charge is 0.494 e. The Kier molecular flexibility index (Phi) is 7.32. The molecule has 0 radical (unpaired) electrons. The summed E-state index contributed by atoms with van der Waals surface area (Å²) in [5, 5.41) is 25.8. The lowest BCUT2D eigenvalue weighted by molar-refractivity contribution is -0.384. The van der Waals surface area contributed by atoms with Crippen molar-refractivity contribution in [2.45, 2.75) is 26.3 Å². The topological polar surface area (TPSA) is 117 Å². The van der Waals surface area contributed by atoms with Crippen molar-refractivity contribution >= 4 is 17.3 Å². The molecule has 0 saturated carbocycles.